The first-order valence-electron chi connectivity index (χ1n) is 8.78. The van der Waals surface area contributed by atoms with Crippen molar-refractivity contribution in [3.05, 3.63) is 70.0 Å². The number of benzene rings is 2. The fourth-order valence-corrected chi connectivity index (χ4v) is 4.86. The summed E-state index contributed by atoms with van der Waals surface area (Å²) in [7, 11) is 0. The molecule has 138 valence electrons. The number of rotatable bonds is 2. The topological polar surface area (TPSA) is 67.9 Å². The van der Waals surface area contributed by atoms with E-state index in [2.05, 4.69) is 28.1 Å². The highest BCUT2D eigenvalue weighted by molar-refractivity contribution is 9.10. The number of para-hydroxylation sites is 1. The van der Waals surface area contributed by atoms with Crippen LogP contribution in [0.2, 0.25) is 0 Å². The molecule has 1 fully saturated rings. The van der Waals surface area contributed by atoms with Crippen molar-refractivity contribution in [3.8, 4) is 12.1 Å². The molecule has 0 amide bonds. The number of nitriles is 2. The van der Waals surface area contributed by atoms with Crippen molar-refractivity contribution in [3.63, 3.8) is 0 Å². The third-order valence-electron chi connectivity index (χ3n) is 5.62. The van der Waals surface area contributed by atoms with Crippen LogP contribution in [0, 0.1) is 33.9 Å². The van der Waals surface area contributed by atoms with Gasteiger partial charge in [-0.15, -0.1) is 0 Å². The minimum absolute atomic E-state index is 0.193. The minimum atomic E-state index is -1.61. The molecule has 0 aromatic heterocycles. The van der Waals surface area contributed by atoms with Gasteiger partial charge < -0.3 is 4.90 Å². The Labute approximate surface area is 170 Å². The van der Waals surface area contributed by atoms with Crippen molar-refractivity contribution in [2.75, 3.05) is 4.90 Å². The molecule has 0 N–H and O–H groups in total. The Kier molecular flexibility index (Phi) is 4.33. The molecular weight excluding hydrogens is 421 g/mol. The number of anilines is 1. The second kappa shape index (κ2) is 6.58. The summed E-state index contributed by atoms with van der Waals surface area (Å²) >= 11 is 3.34. The van der Waals surface area contributed by atoms with Crippen LogP contribution in [0.4, 0.5) is 10.1 Å². The summed E-state index contributed by atoms with van der Waals surface area (Å²) in [5, 5.41) is 20.2. The molecule has 0 bridgehead atoms. The normalized spacial score (nSPS) is 24.0. The third-order valence-corrected chi connectivity index (χ3v) is 6.12. The molecule has 4 nitrogen and oxygen atoms in total. The molecule has 1 saturated heterocycles. The van der Waals surface area contributed by atoms with E-state index in [1.807, 2.05) is 35.2 Å². The van der Waals surface area contributed by atoms with E-state index in [4.69, 9.17) is 0 Å². The number of carbonyl (C=O) groups excluding carboxylic acids is 1. The highest BCUT2D eigenvalue weighted by Gasteiger charge is 2.63. The van der Waals surface area contributed by atoms with Crippen LogP contribution >= 0.6 is 15.9 Å². The Bertz CT molecular complexity index is 1080. The van der Waals surface area contributed by atoms with Crippen LogP contribution in [0.25, 0.3) is 6.08 Å². The van der Waals surface area contributed by atoms with E-state index in [0.29, 0.717) is 4.47 Å². The maximum atomic E-state index is 14.9. The largest absolute Gasteiger partial charge is 0.351 e. The fourth-order valence-electron chi connectivity index (χ4n) is 4.48. The standard InChI is InChI=1S/C22H15BrFN3O/c1-13(28)21-20(16-10-15(23)7-8-17(16)24)22(11-25,12-26)19-9-6-14-4-2-3-5-18(14)27(19)21/h2-10,19-21H,1H3. The van der Waals surface area contributed by atoms with Crippen molar-refractivity contribution in [1.82, 2.24) is 0 Å². The average molecular weight is 436 g/mol. The lowest BCUT2D eigenvalue weighted by Gasteiger charge is -2.35. The zero-order chi connectivity index (χ0) is 20.1. The van der Waals surface area contributed by atoms with E-state index in [-0.39, 0.29) is 11.3 Å². The smallest absolute Gasteiger partial charge is 0.176 e. The Balaban J connectivity index is 2.04. The Morgan fingerprint density at radius 3 is 2.61 bits per heavy atom. The second-order valence-corrected chi connectivity index (χ2v) is 7.98. The van der Waals surface area contributed by atoms with Gasteiger partial charge in [-0.25, -0.2) is 4.39 Å². The maximum absolute atomic E-state index is 14.9. The first-order chi connectivity index (χ1) is 13.4. The van der Waals surface area contributed by atoms with Crippen LogP contribution in [0.1, 0.15) is 24.0 Å². The van der Waals surface area contributed by atoms with Crippen molar-refractivity contribution in [2.45, 2.75) is 24.9 Å². The summed E-state index contributed by atoms with van der Waals surface area (Å²) in [4.78, 5) is 14.6. The number of hydrogen-bond acceptors (Lipinski definition) is 4. The number of fused-ring (bicyclic) bond motifs is 3. The summed E-state index contributed by atoms with van der Waals surface area (Å²) < 4.78 is 15.5. The highest BCUT2D eigenvalue weighted by Crippen LogP contribution is 2.55. The molecule has 2 heterocycles. The number of Topliss-reactive ketones (excluding diaryl/α,β-unsaturated/α-hetero) is 1. The maximum Gasteiger partial charge on any atom is 0.176 e. The first-order valence-corrected chi connectivity index (χ1v) is 9.57. The lowest BCUT2D eigenvalue weighted by Crippen LogP contribution is -2.43. The molecule has 0 radical (unpaired) electrons. The number of halogens is 2. The van der Waals surface area contributed by atoms with E-state index in [0.717, 1.165) is 11.3 Å². The van der Waals surface area contributed by atoms with E-state index >= 15 is 0 Å². The molecule has 3 atom stereocenters. The summed E-state index contributed by atoms with van der Waals surface area (Å²) in [5.74, 6) is -1.68. The number of ketones is 1. The van der Waals surface area contributed by atoms with Crippen molar-refractivity contribution in [2.24, 2.45) is 5.41 Å². The molecule has 2 aliphatic heterocycles. The summed E-state index contributed by atoms with van der Waals surface area (Å²) in [6.45, 7) is 1.43. The summed E-state index contributed by atoms with van der Waals surface area (Å²) in [6, 6.07) is 14.7. The molecule has 4 rings (SSSR count). The van der Waals surface area contributed by atoms with Gasteiger partial charge in [-0.3, -0.25) is 4.79 Å². The molecule has 0 saturated carbocycles. The summed E-state index contributed by atoms with van der Waals surface area (Å²) in [5.41, 5.74) is 0.244. The molecule has 0 spiro atoms. The van der Waals surface area contributed by atoms with Gasteiger partial charge in [0.15, 0.2) is 11.2 Å². The van der Waals surface area contributed by atoms with Gasteiger partial charge in [0.05, 0.1) is 24.2 Å². The van der Waals surface area contributed by atoms with Crippen molar-refractivity contribution in [1.29, 1.82) is 10.5 Å². The average Bonchev–Trinajstić information content (AvgIpc) is 3.01. The molecule has 2 aromatic carbocycles. The van der Waals surface area contributed by atoms with Crippen LogP contribution in [-0.4, -0.2) is 17.9 Å². The van der Waals surface area contributed by atoms with E-state index in [1.165, 1.54) is 13.0 Å². The van der Waals surface area contributed by atoms with E-state index in [1.54, 1.807) is 18.2 Å². The monoisotopic (exact) mass is 435 g/mol. The van der Waals surface area contributed by atoms with Gasteiger partial charge in [0.2, 0.25) is 0 Å². The molecule has 3 unspecified atom stereocenters. The van der Waals surface area contributed by atoms with Gasteiger partial charge >= 0.3 is 0 Å². The molecule has 28 heavy (non-hydrogen) atoms. The third kappa shape index (κ3) is 2.42. The Hall–Kier alpha value is -2.96. The number of nitrogens with zero attached hydrogens (tertiary/aromatic N) is 3. The van der Waals surface area contributed by atoms with Gasteiger partial charge in [0, 0.05) is 16.1 Å². The van der Waals surface area contributed by atoms with Crippen LogP contribution in [0.5, 0.6) is 0 Å². The molecule has 6 heteroatoms. The van der Waals surface area contributed by atoms with Gasteiger partial charge in [0.1, 0.15) is 5.82 Å². The van der Waals surface area contributed by atoms with Crippen LogP contribution in [0.15, 0.2) is 53.0 Å². The second-order valence-electron chi connectivity index (χ2n) is 7.06. The van der Waals surface area contributed by atoms with Gasteiger partial charge in [-0.2, -0.15) is 10.5 Å². The number of carbonyl (C=O) groups is 1. The van der Waals surface area contributed by atoms with E-state index < -0.39 is 29.2 Å². The zero-order valence-electron chi connectivity index (χ0n) is 14.9. The molecular formula is C22H15BrFN3O. The van der Waals surface area contributed by atoms with Crippen molar-refractivity contribution >= 4 is 33.5 Å². The highest BCUT2D eigenvalue weighted by atomic mass is 79.9. The Morgan fingerprint density at radius 2 is 1.93 bits per heavy atom. The lowest BCUT2D eigenvalue weighted by molar-refractivity contribution is -0.118. The fraction of sp³-hybridized carbons (Fsp3) is 0.227. The predicted molar refractivity (Wildman–Crippen MR) is 107 cm³/mol. The van der Waals surface area contributed by atoms with Crippen molar-refractivity contribution < 1.29 is 9.18 Å². The quantitative estimate of drug-likeness (QED) is 0.692. The Morgan fingerprint density at radius 1 is 1.21 bits per heavy atom. The zero-order valence-corrected chi connectivity index (χ0v) is 16.5. The lowest BCUT2D eigenvalue weighted by atomic mass is 9.69. The number of hydrogen-bond donors (Lipinski definition) is 0. The SMILES string of the molecule is CC(=O)C1C(c2cc(Br)ccc2F)C(C#N)(C#N)C2C=Cc3ccccc3N12. The predicted octanol–water partition coefficient (Wildman–Crippen LogP) is 4.58. The van der Waals surface area contributed by atoms with Crippen LogP contribution in [0.3, 0.4) is 0 Å². The van der Waals surface area contributed by atoms with E-state index in [9.17, 15) is 19.7 Å². The minimum Gasteiger partial charge on any atom is -0.351 e. The van der Waals surface area contributed by atoms with Crippen LogP contribution in [-0.2, 0) is 4.79 Å². The molecule has 2 aromatic rings. The first kappa shape index (κ1) is 18.4. The van der Waals surface area contributed by atoms with Crippen LogP contribution < -0.4 is 4.90 Å². The van der Waals surface area contributed by atoms with Gasteiger partial charge in [-0.05, 0) is 42.3 Å². The van der Waals surface area contributed by atoms with Gasteiger partial charge in [0.25, 0.3) is 0 Å². The summed E-state index contributed by atoms with van der Waals surface area (Å²) in [6.07, 6.45) is 3.64. The molecule has 2 aliphatic rings. The van der Waals surface area contributed by atoms with Gasteiger partial charge in [-0.1, -0.05) is 46.3 Å². The molecule has 0 aliphatic carbocycles.